The molecule has 0 aromatic carbocycles. The second-order valence-electron chi connectivity index (χ2n) is 7.64. The van der Waals surface area contributed by atoms with Gasteiger partial charge >= 0.3 is 0 Å². The predicted octanol–water partition coefficient (Wildman–Crippen LogP) is 3.31. The van der Waals surface area contributed by atoms with Crippen molar-refractivity contribution in [2.75, 3.05) is 5.75 Å². The van der Waals surface area contributed by atoms with Gasteiger partial charge in [-0.25, -0.2) is 13.1 Å². The van der Waals surface area contributed by atoms with Gasteiger partial charge in [0.25, 0.3) is 0 Å². The van der Waals surface area contributed by atoms with Crippen LogP contribution in [0.3, 0.4) is 0 Å². The van der Waals surface area contributed by atoms with E-state index in [9.17, 15) is 8.42 Å². The Labute approximate surface area is 124 Å². The van der Waals surface area contributed by atoms with Crippen molar-refractivity contribution in [3.63, 3.8) is 0 Å². The van der Waals surface area contributed by atoms with Crippen molar-refractivity contribution in [2.24, 2.45) is 23.2 Å². The highest BCUT2D eigenvalue weighted by atomic mass is 32.2. The third-order valence-electron chi connectivity index (χ3n) is 6.10. The van der Waals surface area contributed by atoms with Crippen LogP contribution in [0.5, 0.6) is 0 Å². The molecule has 1 atom stereocenters. The molecule has 1 N–H and O–H groups in total. The molecule has 0 radical (unpaired) electrons. The van der Waals surface area contributed by atoms with Gasteiger partial charge in [-0.15, -0.1) is 0 Å². The molecule has 1 unspecified atom stereocenters. The van der Waals surface area contributed by atoms with Crippen LogP contribution in [-0.4, -0.2) is 20.2 Å². The lowest BCUT2D eigenvalue weighted by Crippen LogP contribution is -2.57. The molecule has 4 rings (SSSR count). The summed E-state index contributed by atoms with van der Waals surface area (Å²) < 4.78 is 27.2. The Kier molecular flexibility index (Phi) is 3.91. The number of nitrogens with one attached hydrogen (secondary N) is 1. The van der Waals surface area contributed by atoms with Crippen molar-refractivity contribution in [1.29, 1.82) is 0 Å². The first-order valence-electron chi connectivity index (χ1n) is 8.46. The molecule has 4 heteroatoms. The van der Waals surface area contributed by atoms with Crippen LogP contribution in [0.15, 0.2) is 0 Å². The Morgan fingerprint density at radius 3 is 1.95 bits per heavy atom. The molecule has 4 fully saturated rings. The maximum absolute atomic E-state index is 12.1. The molecule has 0 amide bonds. The second-order valence-corrected chi connectivity index (χ2v) is 9.69. The fourth-order valence-electron chi connectivity index (χ4n) is 5.68. The highest BCUT2D eigenvalue weighted by molar-refractivity contribution is 7.89. The van der Waals surface area contributed by atoms with Crippen molar-refractivity contribution < 1.29 is 8.42 Å². The summed E-state index contributed by atoms with van der Waals surface area (Å²) >= 11 is 0. The second kappa shape index (κ2) is 5.28. The topological polar surface area (TPSA) is 46.2 Å². The van der Waals surface area contributed by atoms with E-state index in [-0.39, 0.29) is 17.2 Å². The fraction of sp³-hybridized carbons (Fsp3) is 1.00. The molecule has 4 aliphatic rings. The van der Waals surface area contributed by atoms with Gasteiger partial charge in [0.1, 0.15) is 0 Å². The molecular weight excluding hydrogens is 270 g/mol. The van der Waals surface area contributed by atoms with Crippen LogP contribution >= 0.6 is 0 Å². The van der Waals surface area contributed by atoms with E-state index in [4.69, 9.17) is 0 Å². The van der Waals surface area contributed by atoms with Crippen LogP contribution in [-0.2, 0) is 10.0 Å². The Morgan fingerprint density at radius 1 is 1.05 bits per heavy atom. The molecule has 0 aromatic rings. The van der Waals surface area contributed by atoms with E-state index in [1.807, 2.05) is 0 Å². The molecule has 116 valence electrons. The lowest BCUT2D eigenvalue weighted by atomic mass is 9.47. The molecule has 0 heterocycles. The summed E-state index contributed by atoms with van der Waals surface area (Å²) in [6, 6.07) is 0.186. The van der Waals surface area contributed by atoms with Gasteiger partial charge < -0.3 is 0 Å². The Bertz CT molecular complexity index is 422. The zero-order valence-corrected chi connectivity index (χ0v) is 13.7. The first-order chi connectivity index (χ1) is 9.46. The summed E-state index contributed by atoms with van der Waals surface area (Å²) in [5.74, 6) is 2.85. The van der Waals surface area contributed by atoms with E-state index in [2.05, 4.69) is 11.6 Å². The van der Waals surface area contributed by atoms with Crippen LogP contribution in [0.1, 0.15) is 65.2 Å². The van der Waals surface area contributed by atoms with Gasteiger partial charge in [0, 0.05) is 6.04 Å². The molecule has 3 nitrogen and oxygen atoms in total. The largest absolute Gasteiger partial charge is 0.212 e. The summed E-state index contributed by atoms with van der Waals surface area (Å²) in [6.07, 6.45) is 10.1. The normalized spacial score (nSPS) is 41.0. The number of hydrogen-bond donors (Lipinski definition) is 1. The zero-order valence-electron chi connectivity index (χ0n) is 12.9. The van der Waals surface area contributed by atoms with E-state index in [1.54, 1.807) is 6.92 Å². The van der Waals surface area contributed by atoms with E-state index in [1.165, 1.54) is 38.5 Å². The third-order valence-corrected chi connectivity index (χ3v) is 7.51. The van der Waals surface area contributed by atoms with Gasteiger partial charge in [-0.2, -0.15) is 0 Å². The summed E-state index contributed by atoms with van der Waals surface area (Å²) in [7, 11) is -3.08. The minimum atomic E-state index is -3.08. The smallest absolute Gasteiger partial charge is 0.211 e. The first-order valence-corrected chi connectivity index (χ1v) is 10.1. The molecule has 0 saturated heterocycles. The van der Waals surface area contributed by atoms with Crippen LogP contribution in [0, 0.1) is 23.2 Å². The fourth-order valence-corrected chi connectivity index (χ4v) is 6.65. The van der Waals surface area contributed by atoms with Crippen molar-refractivity contribution in [3.05, 3.63) is 0 Å². The Balaban J connectivity index is 1.83. The Hall–Kier alpha value is -0.0900. The van der Waals surface area contributed by atoms with E-state index < -0.39 is 10.0 Å². The van der Waals surface area contributed by atoms with Crippen molar-refractivity contribution in [3.8, 4) is 0 Å². The lowest BCUT2D eigenvalue weighted by Gasteiger charge is -2.59. The van der Waals surface area contributed by atoms with Gasteiger partial charge in [-0.05, 0) is 75.0 Å². The standard InChI is InChI=1S/C16H29NO2S/c1-3-5-15(17-20(18,19)4-2)16-9-12-6-13(10-16)8-14(7-12)11-16/h12-15,17H,3-11H2,1-2H3. The van der Waals surface area contributed by atoms with E-state index in [0.29, 0.717) is 0 Å². The van der Waals surface area contributed by atoms with E-state index >= 15 is 0 Å². The predicted molar refractivity (Wildman–Crippen MR) is 81.9 cm³/mol. The number of sulfonamides is 1. The average Bonchev–Trinajstić information content (AvgIpc) is 2.36. The first kappa shape index (κ1) is 14.8. The van der Waals surface area contributed by atoms with Crippen molar-refractivity contribution >= 4 is 10.0 Å². The van der Waals surface area contributed by atoms with E-state index in [0.717, 1.165) is 30.6 Å². The monoisotopic (exact) mass is 299 g/mol. The zero-order chi connectivity index (χ0) is 14.4. The number of rotatable bonds is 6. The third kappa shape index (κ3) is 2.66. The Morgan fingerprint density at radius 2 is 1.55 bits per heavy atom. The maximum atomic E-state index is 12.1. The molecule has 4 saturated carbocycles. The van der Waals surface area contributed by atoms with Crippen LogP contribution < -0.4 is 4.72 Å². The highest BCUT2D eigenvalue weighted by Gasteiger charge is 2.54. The van der Waals surface area contributed by atoms with Gasteiger partial charge in [-0.3, -0.25) is 0 Å². The number of hydrogen-bond acceptors (Lipinski definition) is 2. The highest BCUT2D eigenvalue weighted by Crippen LogP contribution is 2.61. The minimum Gasteiger partial charge on any atom is -0.212 e. The molecule has 0 aliphatic heterocycles. The van der Waals surface area contributed by atoms with Gasteiger partial charge in [0.2, 0.25) is 10.0 Å². The van der Waals surface area contributed by atoms with Crippen molar-refractivity contribution in [1.82, 2.24) is 4.72 Å². The van der Waals surface area contributed by atoms with Gasteiger partial charge in [-0.1, -0.05) is 13.3 Å². The van der Waals surface area contributed by atoms with Crippen molar-refractivity contribution in [2.45, 2.75) is 71.3 Å². The SMILES string of the molecule is CCCC(NS(=O)(=O)CC)C12CC3CC(CC(C3)C1)C2. The molecular formula is C16H29NO2S. The molecule has 0 spiro atoms. The van der Waals surface area contributed by atoms with Gasteiger partial charge in [0.05, 0.1) is 5.75 Å². The summed E-state index contributed by atoms with van der Waals surface area (Å²) in [5, 5.41) is 0. The summed E-state index contributed by atoms with van der Waals surface area (Å²) in [4.78, 5) is 0. The molecule has 0 aromatic heterocycles. The van der Waals surface area contributed by atoms with Crippen LogP contribution in [0.2, 0.25) is 0 Å². The molecule has 4 bridgehead atoms. The molecule has 4 aliphatic carbocycles. The van der Waals surface area contributed by atoms with Crippen LogP contribution in [0.25, 0.3) is 0 Å². The summed E-state index contributed by atoms with van der Waals surface area (Å²) in [6.45, 7) is 3.92. The minimum absolute atomic E-state index is 0.186. The van der Waals surface area contributed by atoms with Crippen LogP contribution in [0.4, 0.5) is 0 Å². The summed E-state index contributed by atoms with van der Waals surface area (Å²) in [5.41, 5.74) is 0.285. The maximum Gasteiger partial charge on any atom is 0.211 e. The van der Waals surface area contributed by atoms with Gasteiger partial charge in [0.15, 0.2) is 0 Å². The average molecular weight is 299 g/mol. The molecule has 20 heavy (non-hydrogen) atoms. The lowest BCUT2D eigenvalue weighted by molar-refractivity contribution is -0.0712. The quantitative estimate of drug-likeness (QED) is 0.818.